The fourth-order valence-corrected chi connectivity index (χ4v) is 4.17. The molecule has 31 heavy (non-hydrogen) atoms. The number of likely N-dealkylation sites (tertiary alicyclic amines) is 1. The van der Waals surface area contributed by atoms with Crippen molar-refractivity contribution in [3.05, 3.63) is 76.1 Å². The van der Waals surface area contributed by atoms with Crippen LogP contribution in [0.15, 0.2) is 48.5 Å². The number of aryl methyl sites for hydroxylation is 1. The number of hydrogen-bond donors (Lipinski definition) is 1. The van der Waals surface area contributed by atoms with E-state index in [1.165, 1.54) is 0 Å². The average molecular weight is 437 g/mol. The number of halogens is 1. The fraction of sp³-hybridized carbons (Fsp3) is 0.292. The first-order valence-electron chi connectivity index (χ1n) is 10.4. The lowest BCUT2D eigenvalue weighted by Gasteiger charge is -2.18. The Morgan fingerprint density at radius 1 is 1.06 bits per heavy atom. The van der Waals surface area contributed by atoms with E-state index in [4.69, 9.17) is 11.6 Å². The Labute approximate surface area is 186 Å². The van der Waals surface area contributed by atoms with Crippen molar-refractivity contribution >= 4 is 29.1 Å². The molecule has 0 aliphatic carbocycles. The van der Waals surface area contributed by atoms with Crippen molar-refractivity contribution in [2.75, 3.05) is 18.4 Å². The second-order valence-electron chi connectivity index (χ2n) is 7.81. The third-order valence-corrected chi connectivity index (χ3v) is 5.89. The molecule has 0 unspecified atom stereocenters. The van der Waals surface area contributed by atoms with Gasteiger partial charge in [0.05, 0.1) is 29.1 Å². The molecule has 0 spiro atoms. The fourth-order valence-electron chi connectivity index (χ4n) is 4.00. The maximum atomic E-state index is 12.9. The molecule has 1 saturated heterocycles. The number of rotatable bonds is 5. The van der Waals surface area contributed by atoms with E-state index in [1.807, 2.05) is 48.9 Å². The van der Waals surface area contributed by atoms with Crippen molar-refractivity contribution in [2.45, 2.75) is 33.1 Å². The molecular weight excluding hydrogens is 412 g/mol. The number of para-hydroxylation sites is 1. The van der Waals surface area contributed by atoms with Crippen molar-refractivity contribution in [1.82, 2.24) is 14.7 Å². The van der Waals surface area contributed by atoms with E-state index >= 15 is 0 Å². The van der Waals surface area contributed by atoms with Gasteiger partial charge >= 0.3 is 0 Å². The Hall–Kier alpha value is -3.12. The number of aromatic nitrogens is 2. The molecule has 1 aliphatic heterocycles. The van der Waals surface area contributed by atoms with Crippen molar-refractivity contribution < 1.29 is 9.59 Å². The zero-order valence-electron chi connectivity index (χ0n) is 17.7. The predicted molar refractivity (Wildman–Crippen MR) is 122 cm³/mol. The second-order valence-corrected chi connectivity index (χ2v) is 8.25. The summed E-state index contributed by atoms with van der Waals surface area (Å²) in [4.78, 5) is 27.6. The highest BCUT2D eigenvalue weighted by molar-refractivity contribution is 6.31. The van der Waals surface area contributed by atoms with Gasteiger partial charge in [0.2, 0.25) is 5.91 Å². The molecule has 0 saturated carbocycles. The van der Waals surface area contributed by atoms with Gasteiger partial charge in [-0.1, -0.05) is 29.8 Å². The molecule has 1 N–H and O–H groups in total. The van der Waals surface area contributed by atoms with E-state index in [2.05, 4.69) is 10.4 Å². The first-order valence-corrected chi connectivity index (χ1v) is 10.8. The van der Waals surface area contributed by atoms with E-state index in [9.17, 15) is 9.59 Å². The Morgan fingerprint density at radius 3 is 2.48 bits per heavy atom. The molecule has 2 aromatic carbocycles. The Kier molecular flexibility index (Phi) is 6.09. The van der Waals surface area contributed by atoms with Crippen LogP contribution in [-0.2, 0) is 11.2 Å². The highest BCUT2D eigenvalue weighted by atomic mass is 35.5. The SMILES string of the molecule is Cc1nn(-c2ccccc2)c(C)c1CC(=O)Nc1ccc(Cl)cc1C(=O)N1CCCC1. The third-order valence-electron chi connectivity index (χ3n) is 5.66. The highest BCUT2D eigenvalue weighted by Crippen LogP contribution is 2.25. The lowest BCUT2D eigenvalue weighted by molar-refractivity contribution is -0.115. The van der Waals surface area contributed by atoms with Crippen LogP contribution in [0, 0.1) is 13.8 Å². The lowest BCUT2D eigenvalue weighted by Crippen LogP contribution is -2.29. The number of amides is 2. The van der Waals surface area contributed by atoms with E-state index in [0.717, 1.165) is 48.6 Å². The molecule has 0 bridgehead atoms. The largest absolute Gasteiger partial charge is 0.339 e. The van der Waals surface area contributed by atoms with Gasteiger partial charge in [0, 0.05) is 29.4 Å². The monoisotopic (exact) mass is 436 g/mol. The number of hydrogen-bond acceptors (Lipinski definition) is 3. The van der Waals surface area contributed by atoms with Gasteiger partial charge in [0.25, 0.3) is 5.91 Å². The first-order chi connectivity index (χ1) is 14.9. The Balaban J connectivity index is 1.55. The highest BCUT2D eigenvalue weighted by Gasteiger charge is 2.23. The molecule has 2 heterocycles. The summed E-state index contributed by atoms with van der Waals surface area (Å²) in [6.07, 6.45) is 2.17. The third kappa shape index (κ3) is 4.49. The zero-order valence-corrected chi connectivity index (χ0v) is 18.4. The molecule has 2 amide bonds. The molecule has 6 nitrogen and oxygen atoms in total. The molecule has 1 aliphatic rings. The number of carbonyl (C=O) groups is 2. The number of nitrogens with zero attached hydrogens (tertiary/aromatic N) is 3. The van der Waals surface area contributed by atoms with Crippen LogP contribution >= 0.6 is 11.6 Å². The lowest BCUT2D eigenvalue weighted by atomic mass is 10.1. The molecule has 160 valence electrons. The molecule has 1 aromatic heterocycles. The van der Waals surface area contributed by atoms with Crippen LogP contribution in [0.2, 0.25) is 5.02 Å². The summed E-state index contributed by atoms with van der Waals surface area (Å²) in [5.41, 5.74) is 4.46. The summed E-state index contributed by atoms with van der Waals surface area (Å²) in [5.74, 6) is -0.295. The van der Waals surface area contributed by atoms with Crippen molar-refractivity contribution in [3.63, 3.8) is 0 Å². The predicted octanol–water partition coefficient (Wildman–Crippen LogP) is 4.56. The molecular formula is C24H25ClN4O2. The molecule has 1 fully saturated rings. The van der Waals surface area contributed by atoms with Crippen LogP contribution in [0.25, 0.3) is 5.69 Å². The summed E-state index contributed by atoms with van der Waals surface area (Å²) >= 11 is 6.14. The van der Waals surface area contributed by atoms with E-state index in [1.54, 1.807) is 23.1 Å². The van der Waals surface area contributed by atoms with Crippen molar-refractivity contribution in [3.8, 4) is 5.69 Å². The smallest absolute Gasteiger partial charge is 0.256 e. The zero-order chi connectivity index (χ0) is 22.0. The summed E-state index contributed by atoms with van der Waals surface area (Å²) < 4.78 is 1.85. The quantitative estimate of drug-likeness (QED) is 0.637. The van der Waals surface area contributed by atoms with E-state index in [-0.39, 0.29) is 18.2 Å². The van der Waals surface area contributed by atoms with Crippen molar-refractivity contribution in [2.24, 2.45) is 0 Å². The van der Waals surface area contributed by atoms with E-state index < -0.39 is 0 Å². The van der Waals surface area contributed by atoms with Gasteiger partial charge in [-0.05, 0) is 57.0 Å². The van der Waals surface area contributed by atoms with Crippen molar-refractivity contribution in [1.29, 1.82) is 0 Å². The minimum Gasteiger partial charge on any atom is -0.339 e. The molecule has 0 radical (unpaired) electrons. The normalized spacial score (nSPS) is 13.5. The first kappa shape index (κ1) is 21.1. The summed E-state index contributed by atoms with van der Waals surface area (Å²) in [6.45, 7) is 5.32. The van der Waals surface area contributed by atoms with Crippen LogP contribution < -0.4 is 5.32 Å². The summed E-state index contributed by atoms with van der Waals surface area (Å²) in [6, 6.07) is 14.8. The van der Waals surface area contributed by atoms with Crippen LogP contribution in [0.3, 0.4) is 0 Å². The number of anilines is 1. The van der Waals surface area contributed by atoms with E-state index in [0.29, 0.717) is 16.3 Å². The maximum absolute atomic E-state index is 12.9. The minimum absolute atomic E-state index is 0.0976. The van der Waals surface area contributed by atoms with Crippen LogP contribution in [0.1, 0.15) is 40.2 Å². The minimum atomic E-state index is -0.198. The summed E-state index contributed by atoms with van der Waals surface area (Å²) in [7, 11) is 0. The van der Waals surface area contributed by atoms with Gasteiger partial charge < -0.3 is 10.2 Å². The number of carbonyl (C=O) groups excluding carboxylic acids is 2. The van der Waals surface area contributed by atoms with Crippen LogP contribution in [0.4, 0.5) is 5.69 Å². The van der Waals surface area contributed by atoms with Gasteiger partial charge in [0.1, 0.15) is 0 Å². The van der Waals surface area contributed by atoms with Gasteiger partial charge in [-0.2, -0.15) is 5.10 Å². The average Bonchev–Trinajstić information content (AvgIpc) is 3.40. The van der Waals surface area contributed by atoms with Gasteiger partial charge in [-0.25, -0.2) is 4.68 Å². The Bertz CT molecular complexity index is 1120. The molecule has 0 atom stereocenters. The number of benzene rings is 2. The topological polar surface area (TPSA) is 67.2 Å². The van der Waals surface area contributed by atoms with Gasteiger partial charge in [0.15, 0.2) is 0 Å². The van der Waals surface area contributed by atoms with Gasteiger partial charge in [-0.15, -0.1) is 0 Å². The maximum Gasteiger partial charge on any atom is 0.256 e. The van der Waals surface area contributed by atoms with Gasteiger partial charge in [-0.3, -0.25) is 9.59 Å². The summed E-state index contributed by atoms with van der Waals surface area (Å²) in [5, 5.41) is 7.99. The van der Waals surface area contributed by atoms with Crippen LogP contribution in [0.5, 0.6) is 0 Å². The standard InChI is InChI=1S/C24H25ClN4O2/c1-16-20(17(2)29(27-16)19-8-4-3-5-9-19)15-23(30)26-22-11-10-18(25)14-21(22)24(31)28-12-6-7-13-28/h3-5,8-11,14H,6-7,12-13,15H2,1-2H3,(H,26,30). The molecule has 3 aromatic rings. The molecule has 4 rings (SSSR count). The second kappa shape index (κ2) is 8.94. The molecule has 7 heteroatoms. The number of nitrogens with one attached hydrogen (secondary N) is 1. The van der Waals surface area contributed by atoms with Crippen LogP contribution in [-0.4, -0.2) is 39.6 Å². The Morgan fingerprint density at radius 2 is 1.77 bits per heavy atom.